The summed E-state index contributed by atoms with van der Waals surface area (Å²) in [4.78, 5) is 11.8. The van der Waals surface area contributed by atoms with E-state index in [4.69, 9.17) is 10.5 Å². The molecular weight excluding hydrogens is 228 g/mol. The summed E-state index contributed by atoms with van der Waals surface area (Å²) < 4.78 is 5.70. The number of amides is 1. The van der Waals surface area contributed by atoms with Crippen LogP contribution in [0.15, 0.2) is 0 Å². The number of rotatable bonds is 6. The molecule has 0 unspecified atom stereocenters. The van der Waals surface area contributed by atoms with Crippen molar-refractivity contribution in [2.45, 2.75) is 69.4 Å². The van der Waals surface area contributed by atoms with Crippen molar-refractivity contribution in [3.63, 3.8) is 0 Å². The van der Waals surface area contributed by atoms with Crippen LogP contribution in [0.25, 0.3) is 0 Å². The molecule has 0 aromatic carbocycles. The Morgan fingerprint density at radius 2 is 1.89 bits per heavy atom. The van der Waals surface area contributed by atoms with Crippen molar-refractivity contribution < 1.29 is 9.53 Å². The molecule has 18 heavy (non-hydrogen) atoms. The normalized spacial score (nSPS) is 23.4. The molecule has 0 spiro atoms. The minimum absolute atomic E-state index is 0.0782. The van der Waals surface area contributed by atoms with Crippen LogP contribution in [0.4, 0.5) is 0 Å². The molecule has 2 rings (SSSR count). The van der Waals surface area contributed by atoms with Gasteiger partial charge < -0.3 is 15.8 Å². The predicted octanol–water partition coefficient (Wildman–Crippen LogP) is 1.72. The van der Waals surface area contributed by atoms with Gasteiger partial charge in [0.05, 0.1) is 12.7 Å². The van der Waals surface area contributed by atoms with Gasteiger partial charge in [0.1, 0.15) is 0 Å². The third-order valence-corrected chi connectivity index (χ3v) is 4.19. The number of nitrogens with one attached hydrogen (secondary N) is 1. The van der Waals surface area contributed by atoms with Crippen LogP contribution in [0.3, 0.4) is 0 Å². The molecule has 0 saturated heterocycles. The Labute approximate surface area is 110 Å². The molecule has 0 atom stereocenters. The van der Waals surface area contributed by atoms with Gasteiger partial charge in [0.2, 0.25) is 5.91 Å². The Bertz CT molecular complexity index is 269. The third-order valence-electron chi connectivity index (χ3n) is 4.19. The zero-order valence-corrected chi connectivity index (χ0v) is 11.2. The zero-order valence-electron chi connectivity index (χ0n) is 11.2. The molecule has 2 aliphatic carbocycles. The molecule has 104 valence electrons. The number of ether oxygens (including phenoxy) is 1. The fourth-order valence-corrected chi connectivity index (χ4v) is 3.11. The second-order valence-electron chi connectivity index (χ2n) is 5.87. The minimum atomic E-state index is -0.240. The molecule has 1 amide bonds. The fraction of sp³-hybridized carbons (Fsp3) is 0.929. The predicted molar refractivity (Wildman–Crippen MR) is 71.2 cm³/mol. The standard InChI is InChI=1S/C14H26N2O2/c15-14(7-3-4-8-14)11-13(17)16-9-10-18-12-5-1-2-6-12/h12H,1-11,15H2,(H,16,17). The summed E-state index contributed by atoms with van der Waals surface area (Å²) in [5, 5.41) is 2.91. The molecule has 2 fully saturated rings. The first kappa shape index (κ1) is 13.8. The Balaban J connectivity index is 1.54. The van der Waals surface area contributed by atoms with E-state index in [9.17, 15) is 4.79 Å². The number of nitrogens with two attached hydrogens (primary N) is 1. The summed E-state index contributed by atoms with van der Waals surface area (Å²) in [6.45, 7) is 1.25. The molecule has 0 aliphatic heterocycles. The summed E-state index contributed by atoms with van der Waals surface area (Å²) in [5.41, 5.74) is 5.93. The summed E-state index contributed by atoms with van der Waals surface area (Å²) in [6.07, 6.45) is 10.1. The zero-order chi connectivity index (χ0) is 12.8. The first-order valence-corrected chi connectivity index (χ1v) is 7.35. The quantitative estimate of drug-likeness (QED) is 0.709. The van der Waals surface area contributed by atoms with Gasteiger partial charge in [-0.3, -0.25) is 4.79 Å². The van der Waals surface area contributed by atoms with Crippen LogP contribution in [0.2, 0.25) is 0 Å². The summed E-state index contributed by atoms with van der Waals surface area (Å²) in [6, 6.07) is 0. The van der Waals surface area contributed by atoms with Crippen LogP contribution in [0, 0.1) is 0 Å². The van der Waals surface area contributed by atoms with Gasteiger partial charge in [-0.1, -0.05) is 25.7 Å². The van der Waals surface area contributed by atoms with Crippen molar-refractivity contribution in [3.05, 3.63) is 0 Å². The molecular formula is C14H26N2O2. The van der Waals surface area contributed by atoms with Crippen LogP contribution in [-0.4, -0.2) is 30.7 Å². The van der Waals surface area contributed by atoms with Gasteiger partial charge >= 0.3 is 0 Å². The third kappa shape index (κ3) is 4.25. The van der Waals surface area contributed by atoms with E-state index in [1.54, 1.807) is 0 Å². The second-order valence-corrected chi connectivity index (χ2v) is 5.87. The minimum Gasteiger partial charge on any atom is -0.376 e. The van der Waals surface area contributed by atoms with Gasteiger partial charge in [0.25, 0.3) is 0 Å². The lowest BCUT2D eigenvalue weighted by atomic mass is 9.94. The Hall–Kier alpha value is -0.610. The molecule has 2 aliphatic rings. The summed E-state index contributed by atoms with van der Waals surface area (Å²) in [7, 11) is 0. The van der Waals surface area contributed by atoms with Gasteiger partial charge in [-0.15, -0.1) is 0 Å². The number of carbonyl (C=O) groups is 1. The van der Waals surface area contributed by atoms with E-state index in [1.165, 1.54) is 25.7 Å². The van der Waals surface area contributed by atoms with Crippen molar-refractivity contribution in [1.29, 1.82) is 0 Å². The van der Waals surface area contributed by atoms with Crippen LogP contribution in [-0.2, 0) is 9.53 Å². The molecule has 0 aromatic heterocycles. The lowest BCUT2D eigenvalue weighted by molar-refractivity contribution is -0.122. The molecule has 0 radical (unpaired) electrons. The van der Waals surface area contributed by atoms with E-state index < -0.39 is 0 Å². The number of hydrogen-bond acceptors (Lipinski definition) is 3. The number of carbonyl (C=O) groups excluding carboxylic acids is 1. The average Bonchev–Trinajstić information content (AvgIpc) is 2.96. The van der Waals surface area contributed by atoms with E-state index in [0.29, 0.717) is 25.7 Å². The van der Waals surface area contributed by atoms with Crippen LogP contribution in [0.1, 0.15) is 57.8 Å². The lowest BCUT2D eigenvalue weighted by Gasteiger charge is -2.22. The smallest absolute Gasteiger partial charge is 0.221 e. The van der Waals surface area contributed by atoms with E-state index >= 15 is 0 Å². The highest BCUT2D eigenvalue weighted by Crippen LogP contribution is 2.29. The first-order chi connectivity index (χ1) is 8.68. The SMILES string of the molecule is NC1(CC(=O)NCCOC2CCCC2)CCCC1. The van der Waals surface area contributed by atoms with E-state index in [0.717, 1.165) is 25.7 Å². The average molecular weight is 254 g/mol. The molecule has 4 nitrogen and oxygen atoms in total. The molecule has 2 saturated carbocycles. The first-order valence-electron chi connectivity index (χ1n) is 7.35. The van der Waals surface area contributed by atoms with Crippen molar-refractivity contribution in [1.82, 2.24) is 5.32 Å². The van der Waals surface area contributed by atoms with E-state index in [2.05, 4.69) is 5.32 Å². The highest BCUT2D eigenvalue weighted by molar-refractivity contribution is 5.77. The van der Waals surface area contributed by atoms with Gasteiger partial charge in [-0.2, -0.15) is 0 Å². The molecule has 4 heteroatoms. The Kier molecular flexibility index (Phi) is 5.01. The van der Waals surface area contributed by atoms with Gasteiger partial charge in [0, 0.05) is 18.5 Å². The maximum atomic E-state index is 11.8. The monoisotopic (exact) mass is 254 g/mol. The Morgan fingerprint density at radius 1 is 1.22 bits per heavy atom. The maximum absolute atomic E-state index is 11.8. The van der Waals surface area contributed by atoms with Crippen molar-refractivity contribution in [2.24, 2.45) is 5.73 Å². The van der Waals surface area contributed by atoms with E-state index in [1.807, 2.05) is 0 Å². The molecule has 0 aromatic rings. The number of hydrogen-bond donors (Lipinski definition) is 2. The van der Waals surface area contributed by atoms with Gasteiger partial charge in [-0.05, 0) is 25.7 Å². The topological polar surface area (TPSA) is 64.4 Å². The highest BCUT2D eigenvalue weighted by atomic mass is 16.5. The largest absolute Gasteiger partial charge is 0.376 e. The maximum Gasteiger partial charge on any atom is 0.221 e. The van der Waals surface area contributed by atoms with Crippen LogP contribution in [0.5, 0.6) is 0 Å². The van der Waals surface area contributed by atoms with Crippen molar-refractivity contribution in [3.8, 4) is 0 Å². The lowest BCUT2D eigenvalue weighted by Crippen LogP contribution is -2.42. The summed E-state index contributed by atoms with van der Waals surface area (Å²) >= 11 is 0. The van der Waals surface area contributed by atoms with Crippen molar-refractivity contribution >= 4 is 5.91 Å². The molecule has 0 bridgehead atoms. The van der Waals surface area contributed by atoms with Gasteiger partial charge in [-0.25, -0.2) is 0 Å². The van der Waals surface area contributed by atoms with E-state index in [-0.39, 0.29) is 11.4 Å². The van der Waals surface area contributed by atoms with Crippen LogP contribution >= 0.6 is 0 Å². The second kappa shape index (κ2) is 6.53. The molecule has 3 N–H and O–H groups in total. The fourth-order valence-electron chi connectivity index (χ4n) is 3.11. The summed E-state index contributed by atoms with van der Waals surface area (Å²) in [5.74, 6) is 0.0782. The Morgan fingerprint density at radius 3 is 2.56 bits per heavy atom. The van der Waals surface area contributed by atoms with Crippen LogP contribution < -0.4 is 11.1 Å². The highest BCUT2D eigenvalue weighted by Gasteiger charge is 2.31. The molecule has 0 heterocycles. The van der Waals surface area contributed by atoms with Gasteiger partial charge in [0.15, 0.2) is 0 Å². The van der Waals surface area contributed by atoms with Crippen molar-refractivity contribution in [2.75, 3.05) is 13.2 Å².